The molecule has 0 spiro atoms. The number of carbonyl (C=O) groups excluding carboxylic acids is 1. The fraction of sp³-hybridized carbons (Fsp3) is 0.280. The number of piperazine rings is 1. The molecule has 37 heavy (non-hydrogen) atoms. The lowest BCUT2D eigenvalue weighted by Gasteiger charge is -2.36. The fourth-order valence-corrected chi connectivity index (χ4v) is 4.95. The van der Waals surface area contributed by atoms with Gasteiger partial charge in [0.1, 0.15) is 10.7 Å². The first-order valence-electron chi connectivity index (χ1n) is 11.9. The van der Waals surface area contributed by atoms with E-state index in [-0.39, 0.29) is 5.91 Å². The van der Waals surface area contributed by atoms with E-state index in [1.54, 1.807) is 6.07 Å². The molecule has 5 rings (SSSR count). The zero-order valence-electron chi connectivity index (χ0n) is 20.5. The minimum Gasteiger partial charge on any atom is -0.368 e. The van der Waals surface area contributed by atoms with Crippen LogP contribution in [-0.2, 0) is 6.42 Å². The highest BCUT2D eigenvalue weighted by Crippen LogP contribution is 2.28. The third-order valence-corrected chi connectivity index (χ3v) is 7.21. The molecule has 0 bridgehead atoms. The molecule has 190 valence electrons. The molecule has 0 unspecified atom stereocenters. The van der Waals surface area contributed by atoms with Crippen molar-refractivity contribution < 1.29 is 4.79 Å². The monoisotopic (exact) mass is 535 g/mol. The van der Waals surface area contributed by atoms with E-state index in [0.29, 0.717) is 44.9 Å². The van der Waals surface area contributed by atoms with Gasteiger partial charge in [0.05, 0.1) is 16.9 Å². The molecular formula is C25H26ClN9OS. The van der Waals surface area contributed by atoms with Crippen molar-refractivity contribution in [3.63, 3.8) is 0 Å². The van der Waals surface area contributed by atoms with Crippen molar-refractivity contribution in [3.8, 4) is 0 Å². The number of hydrogen-bond donors (Lipinski definition) is 2. The average molecular weight is 536 g/mol. The number of nitrogens with one attached hydrogen (secondary N) is 2. The number of carbonyl (C=O) groups is 1. The number of thiazole rings is 1. The Bertz CT molecular complexity index is 1370. The molecule has 1 aromatic carbocycles. The van der Waals surface area contributed by atoms with Gasteiger partial charge >= 0.3 is 0 Å². The fourth-order valence-electron chi connectivity index (χ4n) is 3.98. The second-order valence-electron chi connectivity index (χ2n) is 8.45. The van der Waals surface area contributed by atoms with Crippen molar-refractivity contribution in [1.29, 1.82) is 0 Å². The minimum atomic E-state index is -0.278. The SMILES string of the molecule is CCc1nc(Nc2ncc(C(=O)Nc3c(C)cccc3Cl)s2)nc(N2CCN(c3ccncc3)CC2)n1. The van der Waals surface area contributed by atoms with Crippen LogP contribution in [0.4, 0.5) is 28.4 Å². The standard InChI is InChI=1S/C25H26ClN9OS/c1-3-20-29-23(32-24(30-20)35-13-11-34(12-14-35)17-7-9-27-10-8-17)33-25-28-15-19(37-25)22(36)31-21-16(2)5-4-6-18(21)26/h4-10,15H,3,11-14H2,1-2H3,(H,31,36)(H,28,29,30,32,33). The summed E-state index contributed by atoms with van der Waals surface area (Å²) in [5.74, 6) is 1.45. The molecule has 3 aromatic heterocycles. The summed E-state index contributed by atoms with van der Waals surface area (Å²) in [7, 11) is 0. The van der Waals surface area contributed by atoms with Crippen molar-refractivity contribution in [2.24, 2.45) is 0 Å². The number of anilines is 5. The number of aryl methyl sites for hydroxylation is 2. The normalized spacial score (nSPS) is 13.5. The summed E-state index contributed by atoms with van der Waals surface area (Å²) >= 11 is 7.47. The van der Waals surface area contributed by atoms with Crippen LogP contribution in [0.3, 0.4) is 0 Å². The molecule has 0 aliphatic carbocycles. The lowest BCUT2D eigenvalue weighted by molar-refractivity contribution is 0.103. The molecular weight excluding hydrogens is 510 g/mol. The summed E-state index contributed by atoms with van der Waals surface area (Å²) in [6.07, 6.45) is 5.81. The Hall–Kier alpha value is -3.83. The maximum absolute atomic E-state index is 12.8. The van der Waals surface area contributed by atoms with Gasteiger partial charge in [-0.25, -0.2) is 4.98 Å². The molecule has 12 heteroatoms. The van der Waals surface area contributed by atoms with Gasteiger partial charge in [0.25, 0.3) is 5.91 Å². The molecule has 2 N–H and O–H groups in total. The summed E-state index contributed by atoms with van der Waals surface area (Å²) in [5.41, 5.74) is 2.64. The van der Waals surface area contributed by atoms with Gasteiger partial charge in [-0.05, 0) is 30.7 Å². The number of hydrogen-bond acceptors (Lipinski definition) is 10. The topological polar surface area (TPSA) is 112 Å². The molecule has 4 heterocycles. The predicted molar refractivity (Wildman–Crippen MR) is 147 cm³/mol. The second-order valence-corrected chi connectivity index (χ2v) is 9.89. The Labute approximate surface area is 223 Å². The molecule has 1 saturated heterocycles. The first-order valence-corrected chi connectivity index (χ1v) is 13.1. The van der Waals surface area contributed by atoms with E-state index < -0.39 is 0 Å². The molecule has 0 atom stereocenters. The van der Waals surface area contributed by atoms with Gasteiger partial charge in [0.15, 0.2) is 5.13 Å². The predicted octanol–water partition coefficient (Wildman–Crippen LogP) is 4.57. The van der Waals surface area contributed by atoms with Crippen molar-refractivity contribution in [2.45, 2.75) is 20.3 Å². The van der Waals surface area contributed by atoms with Crippen LogP contribution >= 0.6 is 22.9 Å². The highest BCUT2D eigenvalue weighted by atomic mass is 35.5. The van der Waals surface area contributed by atoms with Crippen molar-refractivity contribution >= 4 is 57.2 Å². The summed E-state index contributed by atoms with van der Waals surface area (Å²) in [6, 6.07) is 9.52. The minimum absolute atomic E-state index is 0.278. The van der Waals surface area contributed by atoms with Crippen molar-refractivity contribution in [3.05, 3.63) is 70.2 Å². The van der Waals surface area contributed by atoms with E-state index >= 15 is 0 Å². The van der Waals surface area contributed by atoms with Gasteiger partial charge in [-0.2, -0.15) is 15.0 Å². The number of rotatable bonds is 7. The third-order valence-electron chi connectivity index (χ3n) is 5.99. The quantitative estimate of drug-likeness (QED) is 0.351. The summed E-state index contributed by atoms with van der Waals surface area (Å²) in [6.45, 7) is 7.19. The Balaban J connectivity index is 1.27. The Morgan fingerprint density at radius 3 is 2.54 bits per heavy atom. The van der Waals surface area contributed by atoms with E-state index in [2.05, 4.69) is 45.4 Å². The summed E-state index contributed by atoms with van der Waals surface area (Å²) in [4.78, 5) is 40.0. The van der Waals surface area contributed by atoms with Gasteiger partial charge in [0, 0.05) is 50.7 Å². The molecule has 0 saturated carbocycles. The largest absolute Gasteiger partial charge is 0.368 e. The first kappa shape index (κ1) is 24.8. The van der Waals surface area contributed by atoms with E-state index in [4.69, 9.17) is 11.6 Å². The highest BCUT2D eigenvalue weighted by Gasteiger charge is 2.21. The smallest absolute Gasteiger partial charge is 0.267 e. The number of aromatic nitrogens is 5. The van der Waals surface area contributed by atoms with Gasteiger partial charge in [0.2, 0.25) is 11.9 Å². The van der Waals surface area contributed by atoms with Gasteiger partial charge in [-0.1, -0.05) is 42.0 Å². The van der Waals surface area contributed by atoms with Gasteiger partial charge < -0.3 is 15.1 Å². The van der Waals surface area contributed by atoms with E-state index in [1.807, 2.05) is 50.5 Å². The molecule has 1 aliphatic heterocycles. The van der Waals surface area contributed by atoms with E-state index in [1.165, 1.54) is 17.5 Å². The van der Waals surface area contributed by atoms with E-state index in [9.17, 15) is 4.79 Å². The summed E-state index contributed by atoms with van der Waals surface area (Å²) in [5, 5.41) is 7.03. The van der Waals surface area contributed by atoms with Crippen LogP contribution in [0.2, 0.25) is 5.02 Å². The Morgan fingerprint density at radius 2 is 1.81 bits per heavy atom. The van der Waals surface area contributed by atoms with Crippen LogP contribution in [0, 0.1) is 6.92 Å². The Morgan fingerprint density at radius 1 is 1.05 bits per heavy atom. The molecule has 0 radical (unpaired) electrons. The molecule has 4 aromatic rings. The summed E-state index contributed by atoms with van der Waals surface area (Å²) < 4.78 is 0. The van der Waals surface area contributed by atoms with E-state index in [0.717, 1.165) is 37.4 Å². The van der Waals surface area contributed by atoms with Crippen LogP contribution in [0.15, 0.2) is 48.9 Å². The van der Waals surface area contributed by atoms with Crippen LogP contribution < -0.4 is 20.4 Å². The maximum atomic E-state index is 12.8. The average Bonchev–Trinajstić information content (AvgIpc) is 3.39. The number of benzene rings is 1. The number of para-hydroxylation sites is 1. The second kappa shape index (κ2) is 11.1. The first-order chi connectivity index (χ1) is 18.0. The van der Waals surface area contributed by atoms with Crippen LogP contribution in [0.1, 0.15) is 28.0 Å². The number of amides is 1. The molecule has 1 fully saturated rings. The zero-order chi connectivity index (χ0) is 25.8. The third kappa shape index (κ3) is 5.78. The maximum Gasteiger partial charge on any atom is 0.267 e. The number of nitrogens with zero attached hydrogens (tertiary/aromatic N) is 7. The molecule has 1 aliphatic rings. The van der Waals surface area contributed by atoms with Crippen LogP contribution in [0.25, 0.3) is 0 Å². The van der Waals surface area contributed by atoms with Crippen LogP contribution in [-0.4, -0.2) is 57.0 Å². The van der Waals surface area contributed by atoms with Crippen molar-refractivity contribution in [2.75, 3.05) is 46.6 Å². The van der Waals surface area contributed by atoms with Gasteiger partial charge in [-0.15, -0.1) is 0 Å². The number of pyridine rings is 1. The number of halogens is 1. The van der Waals surface area contributed by atoms with Crippen LogP contribution in [0.5, 0.6) is 0 Å². The van der Waals surface area contributed by atoms with Crippen molar-refractivity contribution in [1.82, 2.24) is 24.9 Å². The molecule has 10 nitrogen and oxygen atoms in total. The molecule has 1 amide bonds. The Kier molecular flexibility index (Phi) is 7.42. The lowest BCUT2D eigenvalue weighted by Crippen LogP contribution is -2.47. The highest BCUT2D eigenvalue weighted by molar-refractivity contribution is 7.17. The lowest BCUT2D eigenvalue weighted by atomic mass is 10.2. The zero-order valence-corrected chi connectivity index (χ0v) is 22.1. The van der Waals surface area contributed by atoms with Gasteiger partial charge in [-0.3, -0.25) is 15.1 Å².